The summed E-state index contributed by atoms with van der Waals surface area (Å²) < 4.78 is 0. The van der Waals surface area contributed by atoms with Crippen LogP contribution in [0.4, 0.5) is 0 Å². The molecular formula is C4H6N2O2. The van der Waals surface area contributed by atoms with Gasteiger partial charge in [-0.05, 0) is 6.72 Å². The van der Waals surface area contributed by atoms with Gasteiger partial charge in [-0.15, -0.1) is 0 Å². The largest absolute Gasteiger partial charge is 0.351 e. The van der Waals surface area contributed by atoms with Crippen LogP contribution in [-0.2, 0) is 9.59 Å². The SMILES string of the molecule is C=NC(=O)C(=O)NC. The van der Waals surface area contributed by atoms with Crippen molar-refractivity contribution in [2.24, 2.45) is 4.99 Å². The van der Waals surface area contributed by atoms with E-state index in [0.717, 1.165) is 0 Å². The number of hydrogen-bond donors (Lipinski definition) is 1. The molecule has 8 heavy (non-hydrogen) atoms. The van der Waals surface area contributed by atoms with Crippen LogP contribution in [0.3, 0.4) is 0 Å². The molecule has 0 atom stereocenters. The molecule has 0 bridgehead atoms. The van der Waals surface area contributed by atoms with Crippen LogP contribution in [0.15, 0.2) is 4.99 Å². The highest BCUT2D eigenvalue weighted by Gasteiger charge is 2.05. The summed E-state index contributed by atoms with van der Waals surface area (Å²) in [5, 5.41) is 2.09. The van der Waals surface area contributed by atoms with Gasteiger partial charge in [0.25, 0.3) is 0 Å². The number of nitrogens with zero attached hydrogens (tertiary/aromatic N) is 1. The Bertz CT molecular complexity index is 130. The van der Waals surface area contributed by atoms with E-state index < -0.39 is 11.8 Å². The second-order valence-corrected chi connectivity index (χ2v) is 1.04. The molecule has 4 nitrogen and oxygen atoms in total. The lowest BCUT2D eigenvalue weighted by atomic mass is 10.6. The number of hydrogen-bond acceptors (Lipinski definition) is 2. The molecule has 0 heterocycles. The van der Waals surface area contributed by atoms with Crippen LogP contribution in [-0.4, -0.2) is 25.6 Å². The third-order valence-electron chi connectivity index (χ3n) is 0.565. The first kappa shape index (κ1) is 6.81. The normalized spacial score (nSPS) is 7.62. The average Bonchev–Trinajstić information content (AvgIpc) is 1.84. The van der Waals surface area contributed by atoms with E-state index in [4.69, 9.17) is 0 Å². The van der Waals surface area contributed by atoms with Crippen LogP contribution in [0.1, 0.15) is 0 Å². The fourth-order valence-corrected chi connectivity index (χ4v) is 0.179. The standard InChI is InChI=1S/C4H6N2O2/c1-5-3(7)4(8)6-2/h1H2,2H3,(H,6,8). The van der Waals surface area contributed by atoms with Gasteiger partial charge in [-0.3, -0.25) is 9.59 Å². The summed E-state index contributed by atoms with van der Waals surface area (Å²) in [5.41, 5.74) is 0. The van der Waals surface area contributed by atoms with E-state index in [2.05, 4.69) is 17.0 Å². The van der Waals surface area contributed by atoms with E-state index >= 15 is 0 Å². The van der Waals surface area contributed by atoms with E-state index in [0.29, 0.717) is 0 Å². The molecule has 0 saturated carbocycles. The van der Waals surface area contributed by atoms with Crippen LogP contribution < -0.4 is 5.32 Å². The molecule has 0 aromatic carbocycles. The molecule has 0 saturated heterocycles. The topological polar surface area (TPSA) is 58.5 Å². The van der Waals surface area contributed by atoms with Gasteiger partial charge in [0, 0.05) is 7.05 Å². The first-order valence-corrected chi connectivity index (χ1v) is 1.95. The van der Waals surface area contributed by atoms with Gasteiger partial charge in [-0.2, -0.15) is 0 Å². The molecule has 4 heteroatoms. The number of carbonyl (C=O) groups excluding carboxylic acids is 2. The van der Waals surface area contributed by atoms with E-state index in [1.807, 2.05) is 0 Å². The van der Waals surface area contributed by atoms with E-state index in [-0.39, 0.29) is 0 Å². The number of aliphatic imine (C=N–C) groups is 1. The maximum atomic E-state index is 10.1. The minimum atomic E-state index is -0.854. The van der Waals surface area contributed by atoms with Gasteiger partial charge in [-0.1, -0.05) is 0 Å². The Morgan fingerprint density at radius 1 is 1.62 bits per heavy atom. The van der Waals surface area contributed by atoms with Crippen molar-refractivity contribution in [2.75, 3.05) is 7.05 Å². The van der Waals surface area contributed by atoms with Crippen molar-refractivity contribution in [1.29, 1.82) is 0 Å². The first-order valence-electron chi connectivity index (χ1n) is 1.95. The molecule has 0 spiro atoms. The van der Waals surface area contributed by atoms with E-state index in [1.165, 1.54) is 7.05 Å². The lowest BCUT2D eigenvalue weighted by molar-refractivity contribution is -0.136. The molecule has 0 radical (unpaired) electrons. The van der Waals surface area contributed by atoms with Gasteiger partial charge in [-0.25, -0.2) is 4.99 Å². The maximum absolute atomic E-state index is 10.1. The monoisotopic (exact) mass is 114 g/mol. The fourth-order valence-electron chi connectivity index (χ4n) is 0.179. The molecule has 0 unspecified atom stereocenters. The van der Waals surface area contributed by atoms with Gasteiger partial charge in [0.1, 0.15) is 0 Å². The zero-order valence-corrected chi connectivity index (χ0v) is 4.47. The minimum Gasteiger partial charge on any atom is -0.351 e. The predicted octanol–water partition coefficient (Wildman–Crippen LogP) is -1.04. The number of carbonyl (C=O) groups is 2. The first-order chi connectivity index (χ1) is 3.72. The Balaban J connectivity index is 3.82. The molecule has 0 aromatic rings. The summed E-state index contributed by atoms with van der Waals surface area (Å²) in [5.74, 6) is -1.59. The molecule has 0 rings (SSSR count). The second kappa shape index (κ2) is 2.90. The van der Waals surface area contributed by atoms with Crippen molar-refractivity contribution >= 4 is 18.5 Å². The van der Waals surface area contributed by atoms with E-state index in [1.54, 1.807) is 0 Å². The predicted molar refractivity (Wildman–Crippen MR) is 28.6 cm³/mol. The van der Waals surface area contributed by atoms with Gasteiger partial charge < -0.3 is 5.32 Å². The molecule has 44 valence electrons. The van der Waals surface area contributed by atoms with Crippen molar-refractivity contribution in [1.82, 2.24) is 5.32 Å². The molecule has 0 aliphatic carbocycles. The quantitative estimate of drug-likeness (QED) is 0.323. The molecule has 2 amide bonds. The van der Waals surface area contributed by atoms with Gasteiger partial charge in [0.2, 0.25) is 0 Å². The molecule has 0 aliphatic heterocycles. The van der Waals surface area contributed by atoms with Gasteiger partial charge in [0.15, 0.2) is 0 Å². The van der Waals surface area contributed by atoms with Crippen LogP contribution in [0.5, 0.6) is 0 Å². The number of likely N-dealkylation sites (N-methyl/N-ethyl adjacent to an activating group) is 1. The molecule has 1 N–H and O–H groups in total. The Kier molecular flexibility index (Phi) is 2.47. The van der Waals surface area contributed by atoms with Gasteiger partial charge >= 0.3 is 11.8 Å². The Morgan fingerprint density at radius 2 is 2.12 bits per heavy atom. The average molecular weight is 114 g/mol. The number of nitrogens with one attached hydrogen (secondary N) is 1. The zero-order valence-electron chi connectivity index (χ0n) is 4.47. The highest BCUT2D eigenvalue weighted by atomic mass is 16.2. The minimum absolute atomic E-state index is 0.736. The summed E-state index contributed by atoms with van der Waals surface area (Å²) in [6.07, 6.45) is 0. The van der Waals surface area contributed by atoms with Gasteiger partial charge in [0.05, 0.1) is 0 Å². The Morgan fingerprint density at radius 3 is 2.25 bits per heavy atom. The summed E-state index contributed by atoms with van der Waals surface area (Å²) in [4.78, 5) is 23.1. The smallest absolute Gasteiger partial charge is 0.334 e. The van der Waals surface area contributed by atoms with Crippen molar-refractivity contribution < 1.29 is 9.59 Å². The highest BCUT2D eigenvalue weighted by molar-refractivity contribution is 6.36. The summed E-state index contributed by atoms with van der Waals surface area (Å²) in [7, 11) is 1.35. The lowest BCUT2D eigenvalue weighted by Gasteiger charge is -1.87. The Hall–Kier alpha value is -1.19. The Labute approximate surface area is 46.6 Å². The number of rotatable bonds is 0. The highest BCUT2D eigenvalue weighted by Crippen LogP contribution is 1.68. The lowest BCUT2D eigenvalue weighted by Crippen LogP contribution is -2.25. The third kappa shape index (κ3) is 1.51. The second-order valence-electron chi connectivity index (χ2n) is 1.04. The van der Waals surface area contributed by atoms with Crippen LogP contribution >= 0.6 is 0 Å². The zero-order chi connectivity index (χ0) is 6.57. The van der Waals surface area contributed by atoms with Crippen molar-refractivity contribution in [2.45, 2.75) is 0 Å². The molecule has 0 fully saturated rings. The van der Waals surface area contributed by atoms with Crippen LogP contribution in [0, 0.1) is 0 Å². The molecular weight excluding hydrogens is 108 g/mol. The van der Waals surface area contributed by atoms with E-state index in [9.17, 15) is 9.59 Å². The van der Waals surface area contributed by atoms with Crippen LogP contribution in [0.25, 0.3) is 0 Å². The molecule has 0 aliphatic rings. The fraction of sp³-hybridized carbons (Fsp3) is 0.250. The summed E-state index contributed by atoms with van der Waals surface area (Å²) in [6.45, 7) is 2.87. The molecule has 0 aromatic heterocycles. The maximum Gasteiger partial charge on any atom is 0.334 e. The third-order valence-corrected chi connectivity index (χ3v) is 0.565. The van der Waals surface area contributed by atoms with Crippen molar-refractivity contribution in [3.05, 3.63) is 0 Å². The van der Waals surface area contributed by atoms with Crippen molar-refractivity contribution in [3.63, 3.8) is 0 Å². The summed E-state index contributed by atoms with van der Waals surface area (Å²) >= 11 is 0. The van der Waals surface area contributed by atoms with Crippen molar-refractivity contribution in [3.8, 4) is 0 Å². The summed E-state index contributed by atoms with van der Waals surface area (Å²) in [6, 6.07) is 0. The van der Waals surface area contributed by atoms with Crippen LogP contribution in [0.2, 0.25) is 0 Å². The number of amides is 2.